The lowest BCUT2D eigenvalue weighted by molar-refractivity contribution is 0.139. The minimum atomic E-state index is -0.123. The number of aromatic nitrogens is 1. The molecular weight excluding hydrogens is 398 g/mol. The lowest BCUT2D eigenvalue weighted by Gasteiger charge is -2.30. The van der Waals surface area contributed by atoms with Crippen LogP contribution in [0.3, 0.4) is 0 Å². The van der Waals surface area contributed by atoms with Crippen LogP contribution in [0.1, 0.15) is 58.8 Å². The predicted octanol–water partition coefficient (Wildman–Crippen LogP) is 4.88. The number of rotatable bonds is 6. The molecule has 0 amide bonds. The third kappa shape index (κ3) is 6.22. The molecule has 30 heavy (non-hydrogen) atoms. The molecule has 1 aliphatic carbocycles. The van der Waals surface area contributed by atoms with Crippen LogP contribution in [-0.2, 0) is 0 Å². The molecule has 0 bridgehead atoms. The minimum absolute atomic E-state index is 0.123. The Morgan fingerprint density at radius 1 is 1.10 bits per heavy atom. The molecule has 6 heteroatoms. The molecule has 2 aromatic rings. The van der Waals surface area contributed by atoms with Crippen molar-refractivity contribution in [2.45, 2.75) is 70.9 Å². The molecule has 1 saturated carbocycles. The van der Waals surface area contributed by atoms with Crippen molar-refractivity contribution in [1.29, 1.82) is 0 Å². The van der Waals surface area contributed by atoms with Crippen molar-refractivity contribution in [2.75, 3.05) is 19.6 Å². The Kier molecular flexibility index (Phi) is 9.04. The van der Waals surface area contributed by atoms with Gasteiger partial charge >= 0.3 is 0 Å². The fraction of sp³-hybridized carbons (Fsp3) is 0.625. The van der Waals surface area contributed by atoms with Gasteiger partial charge in [0.05, 0.1) is 11.1 Å². The van der Waals surface area contributed by atoms with Crippen molar-refractivity contribution in [3.63, 3.8) is 0 Å². The standard InChI is InChI=1S/C22H30ClN3O2.C2H6/c23-20-14-19-16(8-12-26-22(19)27)13-21(20)28-18-3-1-17(2-4-18)25-11-7-15-5-9-24-10-6-15;1-2/h8,12-15,17-18,24-25H,1-7,9-11H2,(H,26,27);1-2H3. The van der Waals surface area contributed by atoms with Crippen molar-refractivity contribution in [1.82, 2.24) is 15.6 Å². The molecule has 1 saturated heterocycles. The van der Waals surface area contributed by atoms with Gasteiger partial charge in [0.2, 0.25) is 0 Å². The highest BCUT2D eigenvalue weighted by atomic mass is 35.5. The summed E-state index contributed by atoms with van der Waals surface area (Å²) in [4.78, 5) is 14.6. The molecule has 4 rings (SSSR count). The zero-order valence-electron chi connectivity index (χ0n) is 18.3. The number of aromatic amines is 1. The van der Waals surface area contributed by atoms with Gasteiger partial charge in [-0.2, -0.15) is 0 Å². The second-order valence-corrected chi connectivity index (χ2v) is 8.61. The quantitative estimate of drug-likeness (QED) is 0.607. The molecule has 2 heterocycles. The summed E-state index contributed by atoms with van der Waals surface area (Å²) in [7, 11) is 0. The highest BCUT2D eigenvalue weighted by Crippen LogP contribution is 2.32. The molecule has 0 unspecified atom stereocenters. The summed E-state index contributed by atoms with van der Waals surface area (Å²) >= 11 is 6.37. The summed E-state index contributed by atoms with van der Waals surface area (Å²) in [6, 6.07) is 6.07. The van der Waals surface area contributed by atoms with E-state index in [0.29, 0.717) is 22.2 Å². The number of pyridine rings is 1. The normalized spacial score (nSPS) is 22.4. The SMILES string of the molecule is CC.O=c1[nH]ccc2cc(OC3CCC(NCCC4CCNCC4)CC3)c(Cl)cc12. The van der Waals surface area contributed by atoms with Crippen LogP contribution in [0.4, 0.5) is 0 Å². The molecule has 5 nitrogen and oxygen atoms in total. The van der Waals surface area contributed by atoms with E-state index >= 15 is 0 Å². The number of ether oxygens (including phenoxy) is 1. The Balaban J connectivity index is 0.00000124. The predicted molar refractivity (Wildman–Crippen MR) is 126 cm³/mol. The Bertz CT molecular complexity index is 840. The van der Waals surface area contributed by atoms with Crippen LogP contribution in [-0.4, -0.2) is 36.8 Å². The maximum Gasteiger partial charge on any atom is 0.255 e. The van der Waals surface area contributed by atoms with Gasteiger partial charge in [0.1, 0.15) is 5.75 Å². The molecule has 2 aliphatic rings. The maximum atomic E-state index is 11.9. The van der Waals surface area contributed by atoms with E-state index in [4.69, 9.17) is 16.3 Å². The molecule has 0 atom stereocenters. The lowest BCUT2D eigenvalue weighted by Crippen LogP contribution is -2.38. The number of piperidine rings is 1. The average Bonchev–Trinajstić information content (AvgIpc) is 2.78. The van der Waals surface area contributed by atoms with Crippen LogP contribution < -0.4 is 20.9 Å². The van der Waals surface area contributed by atoms with E-state index in [9.17, 15) is 4.79 Å². The molecule has 1 aliphatic heterocycles. The van der Waals surface area contributed by atoms with Gasteiger partial charge in [-0.3, -0.25) is 4.79 Å². The number of halogens is 1. The molecule has 0 radical (unpaired) electrons. The van der Waals surface area contributed by atoms with E-state index in [2.05, 4.69) is 15.6 Å². The average molecular weight is 434 g/mol. The summed E-state index contributed by atoms with van der Waals surface area (Å²) < 4.78 is 6.20. The summed E-state index contributed by atoms with van der Waals surface area (Å²) in [6.07, 6.45) is 10.1. The molecule has 3 N–H and O–H groups in total. The lowest BCUT2D eigenvalue weighted by atomic mass is 9.91. The Hall–Kier alpha value is -1.56. The van der Waals surface area contributed by atoms with Gasteiger partial charge in [-0.05, 0) is 94.1 Å². The monoisotopic (exact) mass is 433 g/mol. The molecule has 1 aromatic carbocycles. The van der Waals surface area contributed by atoms with Crippen LogP contribution in [0, 0.1) is 5.92 Å². The van der Waals surface area contributed by atoms with Gasteiger partial charge in [-0.15, -0.1) is 0 Å². The first-order valence-corrected chi connectivity index (χ1v) is 12.0. The molecule has 166 valence electrons. The second-order valence-electron chi connectivity index (χ2n) is 8.20. The number of H-pyrrole nitrogens is 1. The zero-order chi connectivity index (χ0) is 21.3. The van der Waals surface area contributed by atoms with E-state index in [-0.39, 0.29) is 11.7 Å². The summed E-state index contributed by atoms with van der Waals surface area (Å²) in [5.41, 5.74) is -0.123. The van der Waals surface area contributed by atoms with Crippen LogP contribution in [0.25, 0.3) is 10.8 Å². The van der Waals surface area contributed by atoms with E-state index < -0.39 is 0 Å². The first-order valence-electron chi connectivity index (χ1n) is 11.6. The van der Waals surface area contributed by atoms with Gasteiger partial charge in [0.15, 0.2) is 0 Å². The van der Waals surface area contributed by atoms with Crippen molar-refractivity contribution in [3.05, 3.63) is 39.8 Å². The van der Waals surface area contributed by atoms with E-state index in [1.54, 1.807) is 12.3 Å². The van der Waals surface area contributed by atoms with Crippen LogP contribution in [0.15, 0.2) is 29.2 Å². The third-order valence-electron chi connectivity index (χ3n) is 6.24. The number of nitrogens with one attached hydrogen (secondary N) is 3. The van der Waals surface area contributed by atoms with Gasteiger partial charge < -0.3 is 20.4 Å². The van der Waals surface area contributed by atoms with Crippen LogP contribution in [0.5, 0.6) is 5.75 Å². The molecular formula is C24H36ClN3O2. The van der Waals surface area contributed by atoms with Crippen molar-refractivity contribution < 1.29 is 4.74 Å². The van der Waals surface area contributed by atoms with Crippen molar-refractivity contribution in [3.8, 4) is 5.75 Å². The Labute approximate surface area is 184 Å². The van der Waals surface area contributed by atoms with Gasteiger partial charge in [-0.1, -0.05) is 25.4 Å². The van der Waals surface area contributed by atoms with E-state index in [1.165, 1.54) is 32.4 Å². The molecule has 0 spiro atoms. The molecule has 1 aromatic heterocycles. The van der Waals surface area contributed by atoms with Crippen LogP contribution >= 0.6 is 11.6 Å². The van der Waals surface area contributed by atoms with Crippen molar-refractivity contribution in [2.24, 2.45) is 5.92 Å². The highest BCUT2D eigenvalue weighted by Gasteiger charge is 2.23. The first-order chi connectivity index (χ1) is 14.7. The topological polar surface area (TPSA) is 66.2 Å². The summed E-state index contributed by atoms with van der Waals surface area (Å²) in [6.45, 7) is 7.49. The second kappa shape index (κ2) is 11.7. The van der Waals surface area contributed by atoms with E-state index in [1.807, 2.05) is 26.0 Å². The Morgan fingerprint density at radius 2 is 1.83 bits per heavy atom. The zero-order valence-corrected chi connectivity index (χ0v) is 19.1. The Morgan fingerprint density at radius 3 is 2.57 bits per heavy atom. The number of fused-ring (bicyclic) bond motifs is 1. The molecule has 2 fully saturated rings. The fourth-order valence-corrected chi connectivity index (χ4v) is 4.71. The van der Waals surface area contributed by atoms with Gasteiger partial charge in [0, 0.05) is 17.6 Å². The number of hydrogen-bond donors (Lipinski definition) is 3. The maximum absolute atomic E-state index is 11.9. The highest BCUT2D eigenvalue weighted by molar-refractivity contribution is 6.32. The van der Waals surface area contributed by atoms with Crippen LogP contribution in [0.2, 0.25) is 5.02 Å². The van der Waals surface area contributed by atoms with Crippen molar-refractivity contribution >= 4 is 22.4 Å². The largest absolute Gasteiger partial charge is 0.489 e. The minimum Gasteiger partial charge on any atom is -0.489 e. The number of hydrogen-bond acceptors (Lipinski definition) is 4. The van der Waals surface area contributed by atoms with Gasteiger partial charge in [-0.25, -0.2) is 0 Å². The third-order valence-corrected chi connectivity index (χ3v) is 6.53. The number of benzene rings is 1. The smallest absolute Gasteiger partial charge is 0.255 e. The summed E-state index contributed by atoms with van der Waals surface area (Å²) in [5.74, 6) is 1.57. The van der Waals surface area contributed by atoms with Gasteiger partial charge in [0.25, 0.3) is 5.56 Å². The fourth-order valence-electron chi connectivity index (χ4n) is 4.51. The first kappa shape index (κ1) is 23.1. The summed E-state index contributed by atoms with van der Waals surface area (Å²) in [5, 5.41) is 9.15. The van der Waals surface area contributed by atoms with E-state index in [0.717, 1.165) is 43.5 Å².